The van der Waals surface area contributed by atoms with E-state index >= 15 is 0 Å². The fraction of sp³-hybridized carbons (Fsp3) is 1.00. The first kappa shape index (κ1) is 3.97. The second-order valence-corrected chi connectivity index (χ2v) is 3.40. The average molecular weight is 130 g/mol. The summed E-state index contributed by atoms with van der Waals surface area (Å²) in [6.07, 6.45) is -0.976. The van der Waals surface area contributed by atoms with Crippen molar-refractivity contribution in [3.05, 3.63) is 0 Å². The predicted octanol–water partition coefficient (Wildman–Crippen LogP) is 1.88. The van der Waals surface area contributed by atoms with Gasteiger partial charge in [-0.2, -0.15) is 0 Å². The van der Waals surface area contributed by atoms with Crippen molar-refractivity contribution in [3.63, 3.8) is 0 Å². The molecule has 0 radical (unpaired) electrons. The molecular weight excluding hydrogens is 110 g/mol. The van der Waals surface area contributed by atoms with E-state index < -0.39 is 19.3 Å². The van der Waals surface area contributed by atoms with Gasteiger partial charge in [-0.3, -0.25) is 4.90 Å². The Morgan fingerprint density at radius 2 is 2.00 bits per heavy atom. The van der Waals surface area contributed by atoms with Crippen molar-refractivity contribution < 1.29 is 4.11 Å². The molecular formula is C8H17N. The molecule has 1 nitrogen and oxygen atoms in total. The van der Waals surface area contributed by atoms with Crippen molar-refractivity contribution in [1.29, 1.82) is 0 Å². The maximum Gasteiger partial charge on any atom is 0.0431 e. The number of nitrogens with zero attached hydrogens (tertiary/aromatic N) is 1. The van der Waals surface area contributed by atoms with Crippen LogP contribution < -0.4 is 0 Å². The molecule has 0 amide bonds. The van der Waals surface area contributed by atoms with E-state index in [0.29, 0.717) is 6.54 Å². The Morgan fingerprint density at radius 3 is 2.22 bits per heavy atom. The molecule has 0 aliphatic carbocycles. The van der Waals surface area contributed by atoms with E-state index in [-0.39, 0.29) is 5.54 Å². The van der Waals surface area contributed by atoms with E-state index in [1.807, 2.05) is 25.7 Å². The summed E-state index contributed by atoms with van der Waals surface area (Å²) in [5, 5.41) is 0. The lowest BCUT2D eigenvalue weighted by Crippen LogP contribution is -2.38. The first-order valence-corrected chi connectivity index (χ1v) is 3.37. The Bertz CT molecular complexity index is 166. The minimum atomic E-state index is -0.566. The molecule has 0 bridgehead atoms. The van der Waals surface area contributed by atoms with Gasteiger partial charge in [0.2, 0.25) is 0 Å². The monoisotopic (exact) mass is 130 g/mol. The van der Waals surface area contributed by atoms with Crippen LogP contribution in [-0.4, -0.2) is 23.5 Å². The molecule has 1 saturated heterocycles. The van der Waals surface area contributed by atoms with Crippen LogP contribution in [0.4, 0.5) is 0 Å². The van der Waals surface area contributed by atoms with Gasteiger partial charge in [-0.05, 0) is 46.6 Å². The Labute approximate surface area is 62.3 Å². The highest BCUT2D eigenvalue weighted by Crippen LogP contribution is 2.19. The van der Waals surface area contributed by atoms with Gasteiger partial charge in [0.25, 0.3) is 0 Å². The molecule has 0 aromatic rings. The maximum atomic E-state index is 7.70. The Morgan fingerprint density at radius 1 is 1.33 bits per heavy atom. The molecule has 1 fully saturated rings. The summed E-state index contributed by atoms with van der Waals surface area (Å²) in [7, 11) is 0. The van der Waals surface area contributed by atoms with E-state index in [0.717, 1.165) is 0 Å². The van der Waals surface area contributed by atoms with E-state index in [9.17, 15) is 0 Å². The van der Waals surface area contributed by atoms with Gasteiger partial charge >= 0.3 is 0 Å². The van der Waals surface area contributed by atoms with Crippen molar-refractivity contribution >= 4 is 0 Å². The summed E-state index contributed by atoms with van der Waals surface area (Å²) < 4.78 is 22.8. The fourth-order valence-corrected chi connectivity index (χ4v) is 0.897. The van der Waals surface area contributed by atoms with Crippen LogP contribution in [0.5, 0.6) is 0 Å². The third-order valence-corrected chi connectivity index (χ3v) is 1.57. The molecule has 1 heteroatoms. The highest BCUT2D eigenvalue weighted by atomic mass is 15.2. The molecule has 3 atom stereocenters. The second-order valence-electron chi connectivity index (χ2n) is 3.40. The summed E-state index contributed by atoms with van der Waals surface area (Å²) in [4.78, 5) is 1.92. The van der Waals surface area contributed by atoms with Gasteiger partial charge < -0.3 is 0 Å². The van der Waals surface area contributed by atoms with Crippen molar-refractivity contribution in [1.82, 2.24) is 4.90 Å². The molecule has 54 valence electrons. The summed E-state index contributed by atoms with van der Waals surface area (Å²) in [5.74, 6) is 0. The molecule has 1 aliphatic heterocycles. The number of hydrogen-bond acceptors (Lipinski definition) is 1. The average Bonchev–Trinajstić information content (AvgIpc) is 2.15. The smallest absolute Gasteiger partial charge is 0.0431 e. The standard InChI is InChI=1S/C8H17N/c1-8(2,3)9-6-4-5-7-9/h4-7H2,1-3H3/i4D,5D,6D. The minimum absolute atomic E-state index is 0.0818. The maximum absolute atomic E-state index is 7.70. The number of likely N-dealkylation sites (tertiary alicyclic amines) is 1. The third kappa shape index (κ3) is 1.68. The topological polar surface area (TPSA) is 3.24 Å². The summed E-state index contributed by atoms with van der Waals surface area (Å²) in [6, 6.07) is 0. The zero-order valence-electron chi connectivity index (χ0n) is 9.39. The van der Waals surface area contributed by atoms with Crippen LogP contribution in [0.15, 0.2) is 0 Å². The van der Waals surface area contributed by atoms with Crippen LogP contribution in [-0.2, 0) is 0 Å². The molecule has 0 aromatic carbocycles. The lowest BCUT2D eigenvalue weighted by atomic mass is 10.1. The lowest BCUT2D eigenvalue weighted by molar-refractivity contribution is 0.175. The van der Waals surface area contributed by atoms with E-state index in [4.69, 9.17) is 4.11 Å². The molecule has 0 spiro atoms. The molecule has 1 heterocycles. The zero-order valence-corrected chi connectivity index (χ0v) is 6.39. The summed E-state index contributed by atoms with van der Waals surface area (Å²) >= 11 is 0. The van der Waals surface area contributed by atoms with Crippen LogP contribution >= 0.6 is 0 Å². The molecule has 0 N–H and O–H groups in total. The van der Waals surface area contributed by atoms with Crippen LogP contribution in [0, 0.1) is 0 Å². The van der Waals surface area contributed by atoms with E-state index in [1.165, 1.54) is 0 Å². The van der Waals surface area contributed by atoms with Crippen LogP contribution in [0.1, 0.15) is 37.7 Å². The second kappa shape index (κ2) is 2.30. The Kier molecular flexibility index (Phi) is 1.01. The van der Waals surface area contributed by atoms with Crippen LogP contribution in [0.3, 0.4) is 0 Å². The summed E-state index contributed by atoms with van der Waals surface area (Å²) in [6.45, 7) is 6.12. The number of rotatable bonds is 0. The minimum Gasteiger partial charge on any atom is -0.298 e. The number of hydrogen-bond donors (Lipinski definition) is 0. The third-order valence-electron chi connectivity index (χ3n) is 1.57. The normalized spacial score (nSPS) is 52.3. The zero-order chi connectivity index (χ0) is 9.52. The Balaban J connectivity index is 2.71. The van der Waals surface area contributed by atoms with Crippen molar-refractivity contribution in [2.75, 3.05) is 13.1 Å². The first-order valence-electron chi connectivity index (χ1n) is 5.10. The van der Waals surface area contributed by atoms with Gasteiger partial charge in [0.1, 0.15) is 0 Å². The molecule has 3 unspecified atom stereocenters. The van der Waals surface area contributed by atoms with Crippen molar-refractivity contribution in [2.45, 2.75) is 39.1 Å². The van der Waals surface area contributed by atoms with E-state index in [1.54, 1.807) is 0 Å². The fourth-order valence-electron chi connectivity index (χ4n) is 0.897. The van der Waals surface area contributed by atoms with Gasteiger partial charge in [0.05, 0.1) is 0 Å². The van der Waals surface area contributed by atoms with Crippen LogP contribution in [0.25, 0.3) is 0 Å². The van der Waals surface area contributed by atoms with Gasteiger partial charge in [-0.15, -0.1) is 0 Å². The molecule has 1 rings (SSSR count). The summed E-state index contributed by atoms with van der Waals surface area (Å²) in [5.41, 5.74) is -0.0818. The molecule has 9 heavy (non-hydrogen) atoms. The SMILES string of the molecule is [2H]C1CN(C(C)(C)C)C([2H])C1[2H]. The largest absolute Gasteiger partial charge is 0.298 e. The van der Waals surface area contributed by atoms with Gasteiger partial charge in [-0.25, -0.2) is 0 Å². The Hall–Kier alpha value is -0.0400. The van der Waals surface area contributed by atoms with Crippen LogP contribution in [0.2, 0.25) is 0 Å². The lowest BCUT2D eigenvalue weighted by Gasteiger charge is -2.31. The predicted molar refractivity (Wildman–Crippen MR) is 40.6 cm³/mol. The van der Waals surface area contributed by atoms with Gasteiger partial charge in [0, 0.05) is 9.65 Å². The van der Waals surface area contributed by atoms with Gasteiger partial charge in [-0.1, -0.05) is 0 Å². The highest BCUT2D eigenvalue weighted by molar-refractivity contribution is 4.79. The molecule has 0 aromatic heterocycles. The first-order chi connectivity index (χ1) is 5.34. The van der Waals surface area contributed by atoms with Gasteiger partial charge in [0.15, 0.2) is 0 Å². The van der Waals surface area contributed by atoms with Crippen molar-refractivity contribution in [2.24, 2.45) is 0 Å². The quantitative estimate of drug-likeness (QED) is 0.484. The highest BCUT2D eigenvalue weighted by Gasteiger charge is 2.23. The molecule has 1 aliphatic rings. The molecule has 0 saturated carbocycles. The van der Waals surface area contributed by atoms with E-state index in [2.05, 4.69) is 0 Å². The van der Waals surface area contributed by atoms with Crippen molar-refractivity contribution in [3.8, 4) is 0 Å².